The van der Waals surface area contributed by atoms with Crippen LogP contribution in [-0.2, 0) is 14.3 Å². The molecule has 1 amide bonds. The van der Waals surface area contributed by atoms with Crippen LogP contribution in [0, 0.1) is 11.8 Å². The monoisotopic (exact) mass is 582 g/mol. The molecule has 2 saturated heterocycles. The highest BCUT2D eigenvalue weighted by atomic mass is 16.6. The van der Waals surface area contributed by atoms with Gasteiger partial charge in [0, 0.05) is 56.9 Å². The number of aliphatic hydroxyl groups is 1. The molecule has 2 N–H and O–H groups in total. The van der Waals surface area contributed by atoms with E-state index in [1.165, 1.54) is 5.69 Å². The van der Waals surface area contributed by atoms with Crippen molar-refractivity contribution in [3.63, 3.8) is 0 Å². The number of aliphatic hydroxyl groups excluding tert-OH is 1. The summed E-state index contributed by atoms with van der Waals surface area (Å²) in [7, 11) is 4.06. The highest BCUT2D eigenvalue weighted by molar-refractivity contribution is 5.71. The lowest BCUT2D eigenvalue weighted by Crippen LogP contribution is -2.48. The summed E-state index contributed by atoms with van der Waals surface area (Å²) in [6.45, 7) is 11.0. The van der Waals surface area contributed by atoms with E-state index in [2.05, 4.69) is 52.5 Å². The van der Waals surface area contributed by atoms with E-state index in [4.69, 9.17) is 9.47 Å². The van der Waals surface area contributed by atoms with Crippen molar-refractivity contribution in [1.82, 2.24) is 15.1 Å². The Kier molecular flexibility index (Phi) is 11.5. The maximum Gasteiger partial charge on any atom is 0.410 e. The van der Waals surface area contributed by atoms with Gasteiger partial charge in [-0.2, -0.15) is 0 Å². The molecule has 3 heterocycles. The molecule has 0 spiro atoms. The molecule has 42 heavy (non-hydrogen) atoms. The lowest BCUT2D eigenvalue weighted by atomic mass is 9.91. The molecule has 3 aliphatic heterocycles. The second-order valence-electron chi connectivity index (χ2n) is 12.4. The maximum absolute atomic E-state index is 13.0. The van der Waals surface area contributed by atoms with Crippen LogP contribution in [0.5, 0.6) is 0 Å². The number of ether oxygens (including phenoxy) is 2. The van der Waals surface area contributed by atoms with E-state index in [1.807, 2.05) is 40.0 Å². The molecule has 3 aliphatic rings. The Morgan fingerprint density at radius 3 is 2.57 bits per heavy atom. The highest BCUT2D eigenvalue weighted by Gasteiger charge is 2.29. The van der Waals surface area contributed by atoms with Crippen molar-refractivity contribution in [2.45, 2.75) is 70.8 Å². The van der Waals surface area contributed by atoms with Crippen LogP contribution in [0.15, 0.2) is 42.0 Å². The number of rotatable bonds is 5. The van der Waals surface area contributed by atoms with Gasteiger partial charge in [-0.15, -0.1) is 0 Å². The van der Waals surface area contributed by atoms with Gasteiger partial charge in [-0.25, -0.2) is 4.79 Å². The first-order chi connectivity index (χ1) is 20.1. The van der Waals surface area contributed by atoms with E-state index < -0.39 is 24.3 Å². The van der Waals surface area contributed by atoms with E-state index in [9.17, 15) is 14.7 Å². The number of nitrogens with zero attached hydrogens (tertiary/aromatic N) is 3. The molecule has 6 atom stereocenters. The summed E-state index contributed by atoms with van der Waals surface area (Å²) in [5.41, 5.74) is 3.14. The number of hydrogen-bond acceptors (Lipinski definition) is 8. The van der Waals surface area contributed by atoms with Crippen LogP contribution in [0.2, 0.25) is 0 Å². The molecule has 0 radical (unpaired) electrons. The lowest BCUT2D eigenvalue weighted by Gasteiger charge is -2.33. The fourth-order valence-electron chi connectivity index (χ4n) is 6.02. The van der Waals surface area contributed by atoms with Crippen LogP contribution in [-0.4, -0.2) is 105 Å². The number of cyclic esters (lactones) is 1. The summed E-state index contributed by atoms with van der Waals surface area (Å²) in [6.07, 6.45) is 6.06. The fourth-order valence-corrected chi connectivity index (χ4v) is 6.02. The fraction of sp³-hybridized carbons (Fsp3) is 0.636. The van der Waals surface area contributed by atoms with E-state index in [0.29, 0.717) is 32.0 Å². The number of carbonyl (C=O) groups excluding carboxylic acids is 2. The quantitative estimate of drug-likeness (QED) is 0.399. The molecule has 9 nitrogen and oxygen atoms in total. The minimum Gasteiger partial charge on any atom is -0.457 e. The van der Waals surface area contributed by atoms with E-state index >= 15 is 0 Å². The maximum atomic E-state index is 13.0. The average Bonchev–Trinajstić information content (AvgIpc) is 3.46. The predicted octanol–water partition coefficient (Wildman–Crippen LogP) is 3.93. The molecular formula is C33H50N4O5. The summed E-state index contributed by atoms with van der Waals surface area (Å²) in [5, 5.41) is 14.0. The smallest absolute Gasteiger partial charge is 0.410 e. The molecule has 0 saturated carbocycles. The zero-order valence-corrected chi connectivity index (χ0v) is 26.0. The van der Waals surface area contributed by atoms with E-state index in [-0.39, 0.29) is 24.3 Å². The number of hydrogen-bond donors (Lipinski definition) is 2. The molecule has 1 aromatic carbocycles. The van der Waals surface area contributed by atoms with E-state index in [1.54, 1.807) is 4.90 Å². The van der Waals surface area contributed by atoms with Crippen LogP contribution < -0.4 is 10.2 Å². The second-order valence-corrected chi connectivity index (χ2v) is 12.4. The van der Waals surface area contributed by atoms with Crippen LogP contribution >= 0.6 is 0 Å². The Labute approximate surface area is 251 Å². The van der Waals surface area contributed by atoms with Crippen molar-refractivity contribution in [3.8, 4) is 0 Å². The molecular weight excluding hydrogens is 532 g/mol. The average molecular weight is 583 g/mol. The largest absolute Gasteiger partial charge is 0.457 e. The van der Waals surface area contributed by atoms with Crippen molar-refractivity contribution in [3.05, 3.63) is 47.6 Å². The molecule has 232 valence electrons. The third-order valence-corrected chi connectivity index (χ3v) is 8.93. The summed E-state index contributed by atoms with van der Waals surface area (Å²) in [5.74, 6) is -0.589. The van der Waals surface area contributed by atoms with Gasteiger partial charge in [-0.05, 0) is 75.5 Å². The number of likely N-dealkylation sites (N-methyl/N-ethyl adjacent to an activating group) is 2. The van der Waals surface area contributed by atoms with Crippen molar-refractivity contribution in [2.75, 3.05) is 58.3 Å². The summed E-state index contributed by atoms with van der Waals surface area (Å²) in [6, 6.07) is 8.94. The second kappa shape index (κ2) is 15.0. The molecule has 0 bridgehead atoms. The summed E-state index contributed by atoms with van der Waals surface area (Å²) in [4.78, 5) is 32.3. The summed E-state index contributed by atoms with van der Waals surface area (Å²) >= 11 is 0. The minimum absolute atomic E-state index is 0.0131. The Morgan fingerprint density at radius 2 is 1.86 bits per heavy atom. The first kappa shape index (κ1) is 32.0. The first-order valence-electron chi connectivity index (χ1n) is 15.5. The normalized spacial score (nSPS) is 31.2. The molecule has 9 heteroatoms. The molecule has 0 aromatic heterocycles. The van der Waals surface area contributed by atoms with Crippen molar-refractivity contribution in [1.29, 1.82) is 0 Å². The van der Waals surface area contributed by atoms with Gasteiger partial charge in [0.25, 0.3) is 0 Å². The van der Waals surface area contributed by atoms with Gasteiger partial charge >= 0.3 is 12.1 Å². The van der Waals surface area contributed by atoms with Crippen molar-refractivity contribution < 1.29 is 24.2 Å². The molecule has 2 fully saturated rings. The van der Waals surface area contributed by atoms with Gasteiger partial charge in [0.1, 0.15) is 12.2 Å². The van der Waals surface area contributed by atoms with Gasteiger partial charge in [-0.3, -0.25) is 4.79 Å². The van der Waals surface area contributed by atoms with Crippen LogP contribution in [0.1, 0.15) is 52.0 Å². The van der Waals surface area contributed by atoms with Gasteiger partial charge < -0.3 is 34.6 Å². The zero-order valence-electron chi connectivity index (χ0n) is 26.0. The molecule has 1 unspecified atom stereocenters. The van der Waals surface area contributed by atoms with Gasteiger partial charge in [0.05, 0.1) is 12.5 Å². The SMILES string of the molecule is CNC1CCN(c2cccc(/C=C(\C)[C@H]3OC(=O)C[C@H](O)CC[C@H](C)[C@@H](OC(=O)N4CCN(C)CC4)/C=C/[C@@H]3C)c2)C1. The predicted molar refractivity (Wildman–Crippen MR) is 166 cm³/mol. The number of esters is 1. The molecule has 4 rings (SSSR count). The minimum atomic E-state index is -0.809. The highest BCUT2D eigenvalue weighted by Crippen LogP contribution is 2.27. The molecule has 0 aliphatic carbocycles. The van der Waals surface area contributed by atoms with Crippen LogP contribution in [0.4, 0.5) is 10.5 Å². The van der Waals surface area contributed by atoms with E-state index in [0.717, 1.165) is 43.7 Å². The number of benzene rings is 1. The Bertz CT molecular complexity index is 1120. The van der Waals surface area contributed by atoms with Crippen LogP contribution in [0.3, 0.4) is 0 Å². The number of piperazine rings is 1. The molecule has 1 aromatic rings. The number of carbonyl (C=O) groups is 2. The van der Waals surface area contributed by atoms with Gasteiger partial charge in [0.2, 0.25) is 0 Å². The topological polar surface area (TPSA) is 94.6 Å². The Balaban J connectivity index is 1.53. The summed E-state index contributed by atoms with van der Waals surface area (Å²) < 4.78 is 12.0. The zero-order chi connectivity index (χ0) is 30.2. The van der Waals surface area contributed by atoms with Gasteiger partial charge in [-0.1, -0.05) is 38.1 Å². The van der Waals surface area contributed by atoms with Crippen molar-refractivity contribution in [2.24, 2.45) is 11.8 Å². The first-order valence-corrected chi connectivity index (χ1v) is 15.5. The van der Waals surface area contributed by atoms with Crippen molar-refractivity contribution >= 4 is 23.8 Å². The number of amides is 1. The number of anilines is 1. The van der Waals surface area contributed by atoms with Gasteiger partial charge in [0.15, 0.2) is 0 Å². The van der Waals surface area contributed by atoms with Crippen LogP contribution in [0.25, 0.3) is 6.08 Å². The Morgan fingerprint density at radius 1 is 1.10 bits per heavy atom. The third-order valence-electron chi connectivity index (χ3n) is 8.93. The number of nitrogens with one attached hydrogen (secondary N) is 1. The standard InChI is InChI=1S/C33H50N4O5/c1-23-9-11-29(38)21-31(39)42-32(24(2)10-12-30(23)41-33(40)36-17-15-35(5)16-18-36)25(3)19-26-7-6-8-28(20-26)37-14-13-27(22-37)34-4/h6-8,10,12,19-20,23-24,27,29-30,32,34,38H,9,11,13-18,21-22H2,1-5H3/b12-10+,25-19+/t23-,24-,27?,29+,30-,32-/m0/s1. The Hall–Kier alpha value is -2.88. The third kappa shape index (κ3) is 8.82. The lowest BCUT2D eigenvalue weighted by molar-refractivity contribution is -0.151.